The summed E-state index contributed by atoms with van der Waals surface area (Å²) in [6, 6.07) is 5.27. The Hall–Kier alpha value is -3.04. The molecule has 0 saturated heterocycles. The third kappa shape index (κ3) is 2.50. The lowest BCUT2D eigenvalue weighted by Gasteiger charge is -2.07. The van der Waals surface area contributed by atoms with Crippen LogP contribution in [-0.4, -0.2) is 43.4 Å². The Kier molecular flexibility index (Phi) is 3.41. The molecule has 0 spiro atoms. The molecule has 4 aromatic rings. The summed E-state index contributed by atoms with van der Waals surface area (Å²) in [6.45, 7) is 1.21. The largest absolute Gasteiger partial charge is 0.367 e. The van der Waals surface area contributed by atoms with Crippen LogP contribution in [0.25, 0.3) is 27.9 Å². The Labute approximate surface area is 141 Å². The minimum Gasteiger partial charge on any atom is -0.367 e. The number of aryl methyl sites for hydroxylation is 1. The summed E-state index contributed by atoms with van der Waals surface area (Å²) in [4.78, 5) is 12.8. The first-order chi connectivity index (χ1) is 11.9. The van der Waals surface area contributed by atoms with E-state index in [9.17, 15) is 8.78 Å². The molecule has 7 nitrogen and oxygen atoms in total. The van der Waals surface area contributed by atoms with Gasteiger partial charge in [-0.05, 0) is 25.1 Å². The van der Waals surface area contributed by atoms with Gasteiger partial charge in [0.05, 0.1) is 17.8 Å². The van der Waals surface area contributed by atoms with Gasteiger partial charge < -0.3 is 10.3 Å². The van der Waals surface area contributed by atoms with Gasteiger partial charge in [0.15, 0.2) is 5.65 Å². The van der Waals surface area contributed by atoms with Crippen LogP contribution in [0.1, 0.15) is 5.82 Å². The number of nitrogens with zero attached hydrogens (tertiary/aromatic N) is 6. The van der Waals surface area contributed by atoms with Crippen molar-refractivity contribution in [3.8, 4) is 11.3 Å². The Balaban J connectivity index is 1.93. The van der Waals surface area contributed by atoms with Crippen molar-refractivity contribution in [2.75, 3.05) is 5.73 Å². The van der Waals surface area contributed by atoms with E-state index in [0.29, 0.717) is 33.8 Å². The van der Waals surface area contributed by atoms with E-state index in [4.69, 9.17) is 13.6 Å². The molecular weight excluding hydrogens is 327 g/mol. The fourth-order valence-electron chi connectivity index (χ4n) is 2.90. The van der Waals surface area contributed by atoms with Gasteiger partial charge in [0.25, 0.3) is 6.43 Å². The Morgan fingerprint density at radius 2 is 2.00 bits per heavy atom. The molecule has 0 aliphatic carbocycles. The predicted octanol–water partition coefficient (Wildman–Crippen LogP) is 1.09. The molecule has 124 valence electrons. The fraction of sp³-hybridized carbons (Fsp3) is 0.200. The lowest BCUT2D eigenvalue weighted by Crippen LogP contribution is -2.17. The average Bonchev–Trinajstić information content (AvgIpc) is 3.08. The van der Waals surface area contributed by atoms with Crippen LogP contribution >= 0.6 is 0 Å². The predicted molar refractivity (Wildman–Crippen MR) is 90.1 cm³/mol. The van der Waals surface area contributed by atoms with Crippen LogP contribution in [0, 0.1) is 6.92 Å². The standard InChI is InChI=1S/C15H12BF2N7/c1-7-20-10-3-2-9(21-14(10)24(7)6-11(17)18)8-4-5-25-12(8)13(16)22-15(19)23-25/h2-5,11H,6H2,1H3,(H2,19,23). The maximum absolute atomic E-state index is 12.9. The van der Waals surface area contributed by atoms with Gasteiger partial charge in [-0.15, -0.1) is 5.10 Å². The fourth-order valence-corrected chi connectivity index (χ4v) is 2.90. The first kappa shape index (κ1) is 15.5. The van der Waals surface area contributed by atoms with E-state index in [2.05, 4.69) is 20.1 Å². The van der Waals surface area contributed by atoms with E-state index in [-0.39, 0.29) is 11.5 Å². The number of anilines is 1. The molecule has 0 amide bonds. The van der Waals surface area contributed by atoms with Gasteiger partial charge in [-0.1, -0.05) is 0 Å². The summed E-state index contributed by atoms with van der Waals surface area (Å²) in [5.41, 5.74) is 8.55. The molecule has 0 aromatic carbocycles. The number of halogens is 2. The van der Waals surface area contributed by atoms with Crippen molar-refractivity contribution >= 4 is 36.1 Å². The second-order valence-corrected chi connectivity index (χ2v) is 5.58. The van der Waals surface area contributed by atoms with E-state index in [0.717, 1.165) is 0 Å². The SMILES string of the molecule is [B]c1nc(N)nn2ccc(-c3ccc4nc(C)n(CC(F)F)c4n3)c12. The van der Waals surface area contributed by atoms with Gasteiger partial charge in [-0.3, -0.25) is 0 Å². The number of alkyl halides is 2. The highest BCUT2D eigenvalue weighted by molar-refractivity contribution is 6.36. The smallest absolute Gasteiger partial charge is 0.256 e. The maximum Gasteiger partial charge on any atom is 0.256 e. The molecule has 0 bridgehead atoms. The molecule has 0 atom stereocenters. The van der Waals surface area contributed by atoms with Crippen LogP contribution in [0.2, 0.25) is 0 Å². The molecule has 4 heterocycles. The molecule has 4 aromatic heterocycles. The Bertz CT molecular complexity index is 1100. The second-order valence-electron chi connectivity index (χ2n) is 5.58. The third-order valence-corrected chi connectivity index (χ3v) is 3.93. The molecule has 25 heavy (non-hydrogen) atoms. The zero-order valence-electron chi connectivity index (χ0n) is 13.2. The number of imidazole rings is 1. The topological polar surface area (TPSA) is 86.9 Å². The molecule has 0 aliphatic rings. The molecule has 4 rings (SSSR count). The van der Waals surface area contributed by atoms with Gasteiger partial charge in [-0.2, -0.15) is 0 Å². The second kappa shape index (κ2) is 5.50. The van der Waals surface area contributed by atoms with Crippen molar-refractivity contribution in [3.63, 3.8) is 0 Å². The van der Waals surface area contributed by atoms with E-state index < -0.39 is 13.0 Å². The highest BCUT2D eigenvalue weighted by Crippen LogP contribution is 2.25. The van der Waals surface area contributed by atoms with Crippen molar-refractivity contribution in [1.29, 1.82) is 0 Å². The van der Waals surface area contributed by atoms with Crippen molar-refractivity contribution in [3.05, 3.63) is 30.2 Å². The summed E-state index contributed by atoms with van der Waals surface area (Å²) in [6.07, 6.45) is -0.809. The molecule has 0 fully saturated rings. The molecule has 0 saturated carbocycles. The highest BCUT2D eigenvalue weighted by Gasteiger charge is 2.16. The van der Waals surface area contributed by atoms with Crippen LogP contribution in [-0.2, 0) is 6.54 Å². The number of nitrogens with two attached hydrogens (primary N) is 1. The number of pyridine rings is 1. The number of hydrogen-bond acceptors (Lipinski definition) is 5. The Morgan fingerprint density at radius 3 is 2.76 bits per heavy atom. The zero-order valence-corrected chi connectivity index (χ0v) is 13.2. The van der Waals surface area contributed by atoms with Crippen LogP contribution in [0.5, 0.6) is 0 Å². The number of aromatic nitrogens is 6. The lowest BCUT2D eigenvalue weighted by atomic mass is 10.0. The Morgan fingerprint density at radius 1 is 1.20 bits per heavy atom. The summed E-state index contributed by atoms with van der Waals surface area (Å²) < 4.78 is 28.6. The van der Waals surface area contributed by atoms with Crippen molar-refractivity contribution in [1.82, 2.24) is 29.1 Å². The average molecular weight is 339 g/mol. The van der Waals surface area contributed by atoms with Gasteiger partial charge >= 0.3 is 0 Å². The van der Waals surface area contributed by atoms with Gasteiger partial charge in [0.1, 0.15) is 19.2 Å². The van der Waals surface area contributed by atoms with Crippen LogP contribution < -0.4 is 11.3 Å². The first-order valence-electron chi connectivity index (χ1n) is 7.47. The van der Waals surface area contributed by atoms with E-state index in [1.165, 1.54) is 9.08 Å². The number of fused-ring (bicyclic) bond motifs is 2. The molecule has 10 heteroatoms. The van der Waals surface area contributed by atoms with Crippen LogP contribution in [0.4, 0.5) is 14.7 Å². The minimum absolute atomic E-state index is 0.0567. The molecule has 2 radical (unpaired) electrons. The lowest BCUT2D eigenvalue weighted by molar-refractivity contribution is 0.127. The number of rotatable bonds is 3. The van der Waals surface area contributed by atoms with E-state index >= 15 is 0 Å². The van der Waals surface area contributed by atoms with E-state index in [1.54, 1.807) is 31.3 Å². The quantitative estimate of drug-likeness (QED) is 0.565. The molecule has 0 aliphatic heterocycles. The monoisotopic (exact) mass is 339 g/mol. The van der Waals surface area contributed by atoms with Gasteiger partial charge in [0, 0.05) is 17.4 Å². The van der Waals surface area contributed by atoms with Gasteiger partial charge in [0.2, 0.25) is 5.95 Å². The maximum atomic E-state index is 12.9. The van der Waals surface area contributed by atoms with E-state index in [1.807, 2.05) is 0 Å². The molecular formula is C15H12BF2N7. The number of hydrogen-bond donors (Lipinski definition) is 1. The minimum atomic E-state index is -2.50. The molecule has 2 N–H and O–H groups in total. The summed E-state index contributed by atoms with van der Waals surface area (Å²) >= 11 is 0. The third-order valence-electron chi connectivity index (χ3n) is 3.93. The van der Waals surface area contributed by atoms with Crippen LogP contribution in [0.15, 0.2) is 24.4 Å². The summed E-state index contributed by atoms with van der Waals surface area (Å²) in [7, 11) is 5.96. The van der Waals surface area contributed by atoms with Gasteiger partial charge in [-0.25, -0.2) is 28.2 Å². The van der Waals surface area contributed by atoms with Crippen LogP contribution in [0.3, 0.4) is 0 Å². The normalized spacial score (nSPS) is 11.8. The zero-order chi connectivity index (χ0) is 17.7. The first-order valence-corrected chi connectivity index (χ1v) is 7.47. The number of nitrogen functional groups attached to an aromatic ring is 1. The summed E-state index contributed by atoms with van der Waals surface area (Å²) in [5, 5.41) is 4.06. The highest BCUT2D eigenvalue weighted by atomic mass is 19.3. The summed E-state index contributed by atoms with van der Waals surface area (Å²) in [5.74, 6) is 0.540. The van der Waals surface area contributed by atoms with Crippen molar-refractivity contribution in [2.45, 2.75) is 19.9 Å². The molecule has 0 unspecified atom stereocenters. The van der Waals surface area contributed by atoms with Crippen molar-refractivity contribution < 1.29 is 8.78 Å². The van der Waals surface area contributed by atoms with Crippen molar-refractivity contribution in [2.24, 2.45) is 0 Å².